The molecule has 3 nitrogen and oxygen atoms in total. The van der Waals surface area contributed by atoms with Gasteiger partial charge in [0.25, 0.3) is 0 Å². The van der Waals surface area contributed by atoms with E-state index in [2.05, 4.69) is 19.1 Å². The molecule has 2 aromatic rings. The molecule has 0 bridgehead atoms. The van der Waals surface area contributed by atoms with Gasteiger partial charge in [-0.2, -0.15) is 0 Å². The number of rotatable bonds is 7. The van der Waals surface area contributed by atoms with E-state index in [9.17, 15) is 0 Å². The molecule has 1 atom stereocenters. The second-order valence-corrected chi connectivity index (χ2v) is 5.16. The summed E-state index contributed by atoms with van der Waals surface area (Å²) in [5, 5.41) is 0. The highest BCUT2D eigenvalue weighted by molar-refractivity contribution is 5.30. The van der Waals surface area contributed by atoms with Crippen molar-refractivity contribution in [2.24, 2.45) is 5.73 Å². The van der Waals surface area contributed by atoms with E-state index in [1.54, 1.807) is 7.11 Å². The Kier molecular flexibility index (Phi) is 5.64. The molecule has 3 heteroatoms. The van der Waals surface area contributed by atoms with Gasteiger partial charge in [0.1, 0.15) is 18.1 Å². The van der Waals surface area contributed by atoms with Crippen LogP contribution in [0.5, 0.6) is 11.5 Å². The first kappa shape index (κ1) is 15.4. The summed E-state index contributed by atoms with van der Waals surface area (Å²) in [6, 6.07) is 16.3. The van der Waals surface area contributed by atoms with E-state index in [-0.39, 0.29) is 6.04 Å². The number of hydrogen-bond donors (Lipinski definition) is 1. The van der Waals surface area contributed by atoms with E-state index >= 15 is 0 Å². The zero-order valence-corrected chi connectivity index (χ0v) is 12.7. The van der Waals surface area contributed by atoms with E-state index in [4.69, 9.17) is 15.2 Å². The first-order chi connectivity index (χ1) is 10.2. The summed E-state index contributed by atoms with van der Waals surface area (Å²) < 4.78 is 11.0. The van der Waals surface area contributed by atoms with Crippen molar-refractivity contribution in [3.8, 4) is 11.5 Å². The van der Waals surface area contributed by atoms with Crippen LogP contribution in [0.25, 0.3) is 0 Å². The number of hydrogen-bond acceptors (Lipinski definition) is 3. The summed E-state index contributed by atoms with van der Waals surface area (Å²) in [6.07, 6.45) is 1.87. The summed E-state index contributed by atoms with van der Waals surface area (Å²) in [5.41, 5.74) is 8.33. The van der Waals surface area contributed by atoms with Gasteiger partial charge in [0.15, 0.2) is 0 Å². The van der Waals surface area contributed by atoms with Crippen molar-refractivity contribution in [1.82, 2.24) is 0 Å². The smallest absolute Gasteiger partial charge is 0.120 e. The van der Waals surface area contributed by atoms with Crippen LogP contribution in [-0.2, 0) is 13.0 Å². The molecule has 0 aliphatic rings. The van der Waals surface area contributed by atoms with Gasteiger partial charge in [-0.25, -0.2) is 0 Å². The summed E-state index contributed by atoms with van der Waals surface area (Å²) >= 11 is 0. The van der Waals surface area contributed by atoms with Crippen LogP contribution in [0.2, 0.25) is 0 Å². The molecular weight excluding hydrogens is 262 g/mol. The number of benzene rings is 2. The Morgan fingerprint density at radius 2 is 1.76 bits per heavy atom. The van der Waals surface area contributed by atoms with Crippen molar-refractivity contribution in [3.63, 3.8) is 0 Å². The Morgan fingerprint density at radius 1 is 1.00 bits per heavy atom. The third-order valence-corrected chi connectivity index (χ3v) is 3.49. The normalized spacial score (nSPS) is 12.0. The van der Waals surface area contributed by atoms with Crippen molar-refractivity contribution in [3.05, 3.63) is 59.7 Å². The van der Waals surface area contributed by atoms with E-state index < -0.39 is 0 Å². The minimum Gasteiger partial charge on any atom is -0.497 e. The Labute approximate surface area is 126 Å². The topological polar surface area (TPSA) is 44.5 Å². The van der Waals surface area contributed by atoms with Crippen LogP contribution in [0.15, 0.2) is 48.5 Å². The van der Waals surface area contributed by atoms with E-state index in [1.165, 1.54) is 5.56 Å². The lowest BCUT2D eigenvalue weighted by molar-refractivity contribution is 0.305. The first-order valence-corrected chi connectivity index (χ1v) is 7.31. The molecule has 0 aliphatic heterocycles. The minimum atomic E-state index is 0.210. The molecule has 0 heterocycles. The highest BCUT2D eigenvalue weighted by Gasteiger charge is 2.03. The molecule has 0 amide bonds. The minimum absolute atomic E-state index is 0.210. The molecule has 1 unspecified atom stereocenters. The van der Waals surface area contributed by atoms with E-state index in [0.717, 1.165) is 29.9 Å². The lowest BCUT2D eigenvalue weighted by Crippen LogP contribution is -2.21. The molecule has 0 saturated carbocycles. The molecule has 21 heavy (non-hydrogen) atoms. The van der Waals surface area contributed by atoms with E-state index in [0.29, 0.717) is 6.61 Å². The van der Waals surface area contributed by atoms with Crippen LogP contribution in [0, 0.1) is 0 Å². The van der Waals surface area contributed by atoms with Crippen LogP contribution in [0.4, 0.5) is 0 Å². The maximum Gasteiger partial charge on any atom is 0.120 e. The SMILES string of the molecule is CCC(N)Cc1cccc(OCc2ccc(OC)cc2)c1. The standard InChI is InChI=1S/C18H23NO2/c1-3-16(19)11-15-5-4-6-18(12-15)21-13-14-7-9-17(20-2)10-8-14/h4-10,12,16H,3,11,13,19H2,1-2H3. The van der Waals surface area contributed by atoms with Gasteiger partial charge in [-0.1, -0.05) is 31.2 Å². The summed E-state index contributed by atoms with van der Waals surface area (Å²) in [4.78, 5) is 0. The maximum absolute atomic E-state index is 5.99. The molecule has 0 saturated heterocycles. The fourth-order valence-electron chi connectivity index (χ4n) is 2.10. The first-order valence-electron chi connectivity index (χ1n) is 7.31. The third kappa shape index (κ3) is 4.80. The Bertz CT molecular complexity index is 551. The van der Waals surface area contributed by atoms with Crippen molar-refractivity contribution < 1.29 is 9.47 Å². The summed E-state index contributed by atoms with van der Waals surface area (Å²) in [7, 11) is 1.66. The van der Waals surface area contributed by atoms with E-state index in [1.807, 2.05) is 36.4 Å². The van der Waals surface area contributed by atoms with Crippen molar-refractivity contribution in [1.29, 1.82) is 0 Å². The Balaban J connectivity index is 1.94. The van der Waals surface area contributed by atoms with Gasteiger partial charge < -0.3 is 15.2 Å². The molecule has 0 aliphatic carbocycles. The van der Waals surface area contributed by atoms with Crippen molar-refractivity contribution in [2.45, 2.75) is 32.4 Å². The number of ether oxygens (including phenoxy) is 2. The highest BCUT2D eigenvalue weighted by atomic mass is 16.5. The quantitative estimate of drug-likeness (QED) is 0.846. The van der Waals surface area contributed by atoms with Gasteiger partial charge in [0, 0.05) is 6.04 Å². The lowest BCUT2D eigenvalue weighted by Gasteiger charge is -2.11. The molecule has 2 aromatic carbocycles. The predicted octanol–water partition coefficient (Wildman–Crippen LogP) is 3.55. The number of methoxy groups -OCH3 is 1. The van der Waals surface area contributed by atoms with Gasteiger partial charge in [-0.3, -0.25) is 0 Å². The van der Waals surface area contributed by atoms with Crippen LogP contribution >= 0.6 is 0 Å². The van der Waals surface area contributed by atoms with Gasteiger partial charge >= 0.3 is 0 Å². The Morgan fingerprint density at radius 3 is 2.43 bits per heavy atom. The molecule has 2 rings (SSSR count). The highest BCUT2D eigenvalue weighted by Crippen LogP contribution is 2.18. The molecule has 112 valence electrons. The van der Waals surface area contributed by atoms with Crippen LogP contribution in [0.1, 0.15) is 24.5 Å². The molecule has 0 aromatic heterocycles. The van der Waals surface area contributed by atoms with Gasteiger partial charge in [0.2, 0.25) is 0 Å². The van der Waals surface area contributed by atoms with Gasteiger partial charge in [-0.15, -0.1) is 0 Å². The average Bonchev–Trinajstić information content (AvgIpc) is 2.53. The predicted molar refractivity (Wildman–Crippen MR) is 85.7 cm³/mol. The fourth-order valence-corrected chi connectivity index (χ4v) is 2.10. The van der Waals surface area contributed by atoms with Crippen molar-refractivity contribution >= 4 is 0 Å². The molecule has 0 fully saturated rings. The van der Waals surface area contributed by atoms with Crippen molar-refractivity contribution in [2.75, 3.05) is 7.11 Å². The van der Waals surface area contributed by atoms with Gasteiger partial charge in [-0.05, 0) is 48.2 Å². The van der Waals surface area contributed by atoms with Crippen LogP contribution in [-0.4, -0.2) is 13.2 Å². The van der Waals surface area contributed by atoms with Gasteiger partial charge in [0.05, 0.1) is 7.11 Å². The second-order valence-electron chi connectivity index (χ2n) is 5.16. The second kappa shape index (κ2) is 7.70. The lowest BCUT2D eigenvalue weighted by atomic mass is 10.0. The Hall–Kier alpha value is -2.00. The summed E-state index contributed by atoms with van der Waals surface area (Å²) in [6.45, 7) is 2.65. The zero-order valence-electron chi connectivity index (χ0n) is 12.7. The number of nitrogens with two attached hydrogens (primary N) is 1. The largest absolute Gasteiger partial charge is 0.497 e. The zero-order chi connectivity index (χ0) is 15.1. The molecule has 0 spiro atoms. The molecule has 2 N–H and O–H groups in total. The maximum atomic E-state index is 5.99. The van der Waals surface area contributed by atoms with Crippen LogP contribution < -0.4 is 15.2 Å². The summed E-state index contributed by atoms with van der Waals surface area (Å²) in [5.74, 6) is 1.74. The molecule has 0 radical (unpaired) electrons. The average molecular weight is 285 g/mol. The fraction of sp³-hybridized carbons (Fsp3) is 0.333. The molecular formula is C18H23NO2. The monoisotopic (exact) mass is 285 g/mol. The van der Waals surface area contributed by atoms with Crippen LogP contribution in [0.3, 0.4) is 0 Å². The third-order valence-electron chi connectivity index (χ3n) is 3.49.